The van der Waals surface area contributed by atoms with Crippen LogP contribution in [0.4, 0.5) is 5.00 Å². The molecule has 1 aliphatic carbocycles. The van der Waals surface area contributed by atoms with Crippen LogP contribution >= 0.6 is 22.9 Å². The Kier molecular flexibility index (Phi) is 5.20. The molecule has 1 aromatic carbocycles. The Morgan fingerprint density at radius 1 is 1.18 bits per heavy atom. The van der Waals surface area contributed by atoms with Gasteiger partial charge in [0.25, 0.3) is 11.8 Å². The largest absolute Gasteiger partial charge is 0.348 e. The average Bonchev–Trinajstić information content (AvgIpc) is 3.29. The van der Waals surface area contributed by atoms with E-state index >= 15 is 0 Å². The summed E-state index contributed by atoms with van der Waals surface area (Å²) in [5.74, 6) is -0.587. The molecule has 2 amide bonds. The summed E-state index contributed by atoms with van der Waals surface area (Å²) in [5, 5.41) is 6.66. The molecule has 28 heavy (non-hydrogen) atoms. The summed E-state index contributed by atoms with van der Waals surface area (Å²) in [6, 6.07) is 6.23. The number of hydrogen-bond acceptors (Lipinski definition) is 5. The van der Waals surface area contributed by atoms with Gasteiger partial charge in [0.05, 0.1) is 17.1 Å². The van der Waals surface area contributed by atoms with Gasteiger partial charge in [-0.05, 0) is 49.4 Å². The van der Waals surface area contributed by atoms with E-state index in [0.29, 0.717) is 27.6 Å². The first-order valence-corrected chi connectivity index (χ1v) is 12.1. The molecule has 2 N–H and O–H groups in total. The number of aryl methyl sites for hydroxylation is 1. The molecule has 0 radical (unpaired) electrons. The third-order valence-electron chi connectivity index (χ3n) is 5.03. The number of amides is 2. The van der Waals surface area contributed by atoms with Gasteiger partial charge in [0, 0.05) is 21.5 Å². The lowest BCUT2D eigenvalue weighted by atomic mass is 10.1. The molecular formula is C19H19ClN2O4S2. The number of fused-ring (bicyclic) bond motifs is 1. The molecule has 1 atom stereocenters. The molecule has 0 unspecified atom stereocenters. The third kappa shape index (κ3) is 3.94. The zero-order valence-electron chi connectivity index (χ0n) is 15.0. The van der Waals surface area contributed by atoms with Gasteiger partial charge in [-0.1, -0.05) is 17.7 Å². The number of rotatable bonds is 4. The van der Waals surface area contributed by atoms with E-state index in [0.717, 1.165) is 29.7 Å². The highest BCUT2D eigenvalue weighted by Gasteiger charge is 2.32. The van der Waals surface area contributed by atoms with E-state index in [-0.39, 0.29) is 29.4 Å². The van der Waals surface area contributed by atoms with Crippen LogP contribution in [0.15, 0.2) is 24.3 Å². The lowest BCUT2D eigenvalue weighted by Crippen LogP contribution is -2.36. The maximum absolute atomic E-state index is 13.0. The molecule has 0 spiro atoms. The second-order valence-corrected chi connectivity index (χ2v) is 10.9. The van der Waals surface area contributed by atoms with Crippen LogP contribution in [0.5, 0.6) is 0 Å². The van der Waals surface area contributed by atoms with E-state index in [4.69, 9.17) is 11.6 Å². The molecular weight excluding hydrogens is 420 g/mol. The third-order valence-corrected chi connectivity index (χ3v) is 8.24. The molecule has 0 bridgehead atoms. The van der Waals surface area contributed by atoms with Gasteiger partial charge in [-0.2, -0.15) is 0 Å². The van der Waals surface area contributed by atoms with Gasteiger partial charge in [-0.15, -0.1) is 11.3 Å². The van der Waals surface area contributed by atoms with E-state index < -0.39 is 9.84 Å². The predicted molar refractivity (Wildman–Crippen MR) is 110 cm³/mol. The van der Waals surface area contributed by atoms with Crippen molar-refractivity contribution in [2.24, 2.45) is 0 Å². The van der Waals surface area contributed by atoms with Gasteiger partial charge in [0.1, 0.15) is 5.00 Å². The standard InChI is InChI=1S/C19H19ClN2O4S2/c20-12-4-1-3-11(9-12)17(23)22-19-16(14-5-2-6-15(14)27-19)18(24)21-13-7-8-28(25,26)10-13/h1,3-4,9,13H,2,5-8,10H2,(H,21,24)(H,22,23)/t13-/m1/s1. The van der Waals surface area contributed by atoms with E-state index in [1.54, 1.807) is 24.3 Å². The van der Waals surface area contributed by atoms with Crippen LogP contribution in [0.1, 0.15) is 44.0 Å². The lowest BCUT2D eigenvalue weighted by molar-refractivity contribution is 0.0941. The second kappa shape index (κ2) is 7.50. The highest BCUT2D eigenvalue weighted by atomic mass is 35.5. The van der Waals surface area contributed by atoms with Crippen molar-refractivity contribution in [3.63, 3.8) is 0 Å². The molecule has 2 aliphatic rings. The molecule has 2 heterocycles. The molecule has 1 saturated heterocycles. The summed E-state index contributed by atoms with van der Waals surface area (Å²) < 4.78 is 23.4. The molecule has 148 valence electrons. The fraction of sp³-hybridized carbons (Fsp3) is 0.368. The highest BCUT2D eigenvalue weighted by Crippen LogP contribution is 2.39. The van der Waals surface area contributed by atoms with Crippen molar-refractivity contribution in [3.8, 4) is 0 Å². The fourth-order valence-electron chi connectivity index (χ4n) is 3.70. The summed E-state index contributed by atoms with van der Waals surface area (Å²) in [6.45, 7) is 0. The quantitative estimate of drug-likeness (QED) is 0.767. The zero-order chi connectivity index (χ0) is 19.9. The predicted octanol–water partition coefficient (Wildman–Crippen LogP) is 3.06. The molecule has 1 fully saturated rings. The molecule has 2 aromatic rings. The van der Waals surface area contributed by atoms with E-state index in [2.05, 4.69) is 10.6 Å². The Morgan fingerprint density at radius 2 is 2.00 bits per heavy atom. The molecule has 6 nitrogen and oxygen atoms in total. The smallest absolute Gasteiger partial charge is 0.256 e. The minimum atomic E-state index is -3.09. The lowest BCUT2D eigenvalue weighted by Gasteiger charge is -2.13. The minimum Gasteiger partial charge on any atom is -0.348 e. The van der Waals surface area contributed by atoms with E-state index in [9.17, 15) is 18.0 Å². The molecule has 1 aromatic heterocycles. The Morgan fingerprint density at radius 3 is 2.71 bits per heavy atom. The number of benzene rings is 1. The van der Waals surface area contributed by atoms with Gasteiger partial charge < -0.3 is 10.6 Å². The number of nitrogens with one attached hydrogen (secondary N) is 2. The van der Waals surface area contributed by atoms with Crippen molar-refractivity contribution in [1.82, 2.24) is 5.32 Å². The normalized spacial score (nSPS) is 20.0. The van der Waals surface area contributed by atoms with Gasteiger partial charge in [-0.25, -0.2) is 8.42 Å². The number of carbonyl (C=O) groups is 2. The zero-order valence-corrected chi connectivity index (χ0v) is 17.3. The van der Waals surface area contributed by atoms with Gasteiger partial charge in [-0.3, -0.25) is 9.59 Å². The van der Waals surface area contributed by atoms with Crippen LogP contribution in [0.3, 0.4) is 0 Å². The Hall–Kier alpha value is -1.90. The minimum absolute atomic E-state index is 0.0325. The van der Waals surface area contributed by atoms with Crippen LogP contribution in [0, 0.1) is 0 Å². The van der Waals surface area contributed by atoms with Crippen LogP contribution < -0.4 is 10.6 Å². The van der Waals surface area contributed by atoms with E-state index in [1.165, 1.54) is 11.3 Å². The number of halogens is 1. The average molecular weight is 439 g/mol. The first-order chi connectivity index (χ1) is 13.3. The molecule has 0 saturated carbocycles. The fourth-order valence-corrected chi connectivity index (χ4v) is 6.85. The maximum Gasteiger partial charge on any atom is 0.256 e. The Labute approximate surface area is 172 Å². The molecule has 9 heteroatoms. The molecule has 4 rings (SSSR count). The van der Waals surface area contributed by atoms with Gasteiger partial charge >= 0.3 is 0 Å². The van der Waals surface area contributed by atoms with Crippen molar-refractivity contribution in [2.75, 3.05) is 16.8 Å². The van der Waals surface area contributed by atoms with Crippen LogP contribution in [0.2, 0.25) is 5.02 Å². The van der Waals surface area contributed by atoms with Crippen molar-refractivity contribution >= 4 is 49.6 Å². The van der Waals surface area contributed by atoms with Gasteiger partial charge in [0.2, 0.25) is 0 Å². The summed E-state index contributed by atoms with van der Waals surface area (Å²) in [7, 11) is -3.09. The Bertz CT molecular complexity index is 1060. The number of sulfone groups is 1. The summed E-state index contributed by atoms with van der Waals surface area (Å²) in [4.78, 5) is 26.7. The van der Waals surface area contributed by atoms with E-state index in [1.807, 2.05) is 0 Å². The van der Waals surface area contributed by atoms with Crippen molar-refractivity contribution in [2.45, 2.75) is 31.7 Å². The number of hydrogen-bond donors (Lipinski definition) is 2. The highest BCUT2D eigenvalue weighted by molar-refractivity contribution is 7.91. The maximum atomic E-state index is 13.0. The SMILES string of the molecule is O=C(Nc1sc2c(c1C(=O)N[C@@H]1CCS(=O)(=O)C1)CCC2)c1cccc(Cl)c1. The number of carbonyl (C=O) groups excluding carboxylic acids is 2. The number of thiophene rings is 1. The number of anilines is 1. The van der Waals surface area contributed by atoms with Crippen LogP contribution in [0.25, 0.3) is 0 Å². The topological polar surface area (TPSA) is 92.3 Å². The van der Waals surface area contributed by atoms with Crippen LogP contribution in [-0.2, 0) is 22.7 Å². The van der Waals surface area contributed by atoms with Crippen LogP contribution in [-0.4, -0.2) is 37.8 Å². The summed E-state index contributed by atoms with van der Waals surface area (Å²) >= 11 is 7.38. The summed E-state index contributed by atoms with van der Waals surface area (Å²) in [5.41, 5.74) is 1.84. The second-order valence-electron chi connectivity index (χ2n) is 7.10. The van der Waals surface area contributed by atoms with Crippen molar-refractivity contribution in [3.05, 3.63) is 50.9 Å². The van der Waals surface area contributed by atoms with Crippen molar-refractivity contribution < 1.29 is 18.0 Å². The first-order valence-electron chi connectivity index (χ1n) is 9.05. The first kappa shape index (κ1) is 19.4. The Balaban J connectivity index is 1.58. The van der Waals surface area contributed by atoms with Crippen molar-refractivity contribution in [1.29, 1.82) is 0 Å². The summed E-state index contributed by atoms with van der Waals surface area (Å²) in [6.07, 6.45) is 3.06. The monoisotopic (exact) mass is 438 g/mol. The van der Waals surface area contributed by atoms with Gasteiger partial charge in [0.15, 0.2) is 9.84 Å². The molecule has 1 aliphatic heterocycles.